The second-order valence-corrected chi connectivity index (χ2v) is 7.77. The lowest BCUT2D eigenvalue weighted by atomic mass is 10.2. The topological polar surface area (TPSA) is 58.6 Å². The molecule has 1 saturated heterocycles. The largest absolute Gasteiger partial charge is 0.374 e. The summed E-state index contributed by atoms with van der Waals surface area (Å²) in [7, 11) is -0.916. The van der Waals surface area contributed by atoms with Crippen molar-refractivity contribution in [1.29, 1.82) is 0 Å². The fraction of sp³-hybridized carbons (Fsp3) is 1.00. The summed E-state index contributed by atoms with van der Waals surface area (Å²) in [5.74, 6) is 0. The van der Waals surface area contributed by atoms with Gasteiger partial charge in [-0.05, 0) is 19.9 Å². The van der Waals surface area contributed by atoms with Crippen molar-refractivity contribution in [1.82, 2.24) is 10.2 Å². The predicted molar refractivity (Wildman–Crippen MR) is 71.5 cm³/mol. The van der Waals surface area contributed by atoms with Crippen molar-refractivity contribution < 1.29 is 13.2 Å². The summed E-state index contributed by atoms with van der Waals surface area (Å²) >= 11 is 0. The Balaban J connectivity index is 1.93. The average Bonchev–Trinajstić information content (AvgIpc) is 2.79. The van der Waals surface area contributed by atoms with Gasteiger partial charge >= 0.3 is 0 Å². The Morgan fingerprint density at radius 1 is 1.39 bits per heavy atom. The average molecular weight is 276 g/mol. The van der Waals surface area contributed by atoms with Gasteiger partial charge in [0, 0.05) is 31.9 Å². The third kappa shape index (κ3) is 3.44. The summed E-state index contributed by atoms with van der Waals surface area (Å²) < 4.78 is 29.2. The molecule has 18 heavy (non-hydrogen) atoms. The highest BCUT2D eigenvalue weighted by Gasteiger charge is 2.37. The van der Waals surface area contributed by atoms with Gasteiger partial charge in [-0.1, -0.05) is 6.42 Å². The molecule has 0 aromatic heterocycles. The zero-order valence-corrected chi connectivity index (χ0v) is 12.1. The van der Waals surface area contributed by atoms with Gasteiger partial charge in [-0.2, -0.15) is 0 Å². The molecule has 2 fully saturated rings. The van der Waals surface area contributed by atoms with Gasteiger partial charge in [0.1, 0.15) is 0 Å². The second kappa shape index (κ2) is 5.86. The van der Waals surface area contributed by atoms with Crippen molar-refractivity contribution in [3.05, 3.63) is 0 Å². The normalized spacial score (nSPS) is 34.1. The molecule has 1 saturated carbocycles. The van der Waals surface area contributed by atoms with Crippen LogP contribution in [0.3, 0.4) is 0 Å². The third-order valence-corrected chi connectivity index (χ3v) is 5.68. The lowest BCUT2D eigenvalue weighted by molar-refractivity contribution is 0.00353. The smallest absolute Gasteiger partial charge is 0.151 e. The molecule has 2 aliphatic rings. The number of ether oxygens (including phenoxy) is 1. The van der Waals surface area contributed by atoms with Crippen LogP contribution in [0.2, 0.25) is 0 Å². The van der Waals surface area contributed by atoms with Crippen LogP contribution in [0.4, 0.5) is 0 Å². The van der Waals surface area contributed by atoms with Gasteiger partial charge in [0.15, 0.2) is 9.84 Å². The second-order valence-electron chi connectivity index (χ2n) is 5.50. The van der Waals surface area contributed by atoms with Gasteiger partial charge in [0.05, 0.1) is 18.0 Å². The van der Waals surface area contributed by atoms with Crippen molar-refractivity contribution in [3.63, 3.8) is 0 Å². The molecule has 3 unspecified atom stereocenters. The van der Waals surface area contributed by atoms with Crippen molar-refractivity contribution in [2.24, 2.45) is 0 Å². The molecule has 0 amide bonds. The highest BCUT2D eigenvalue weighted by Crippen LogP contribution is 2.28. The first-order valence-corrected chi connectivity index (χ1v) is 8.65. The molecule has 0 radical (unpaired) electrons. The molecule has 1 heterocycles. The van der Waals surface area contributed by atoms with Gasteiger partial charge in [0.25, 0.3) is 0 Å². The van der Waals surface area contributed by atoms with E-state index in [1.807, 2.05) is 7.05 Å². The van der Waals surface area contributed by atoms with Crippen LogP contribution in [0.25, 0.3) is 0 Å². The van der Waals surface area contributed by atoms with Crippen LogP contribution >= 0.6 is 0 Å². The SMILES string of the molecule is CN(CC1CNCCO1)C1CCCC1S(C)(=O)=O. The molecule has 3 atom stereocenters. The van der Waals surface area contributed by atoms with E-state index >= 15 is 0 Å². The van der Waals surface area contributed by atoms with Crippen molar-refractivity contribution in [2.75, 3.05) is 39.5 Å². The molecule has 0 aromatic rings. The predicted octanol–water partition coefficient (Wildman–Crippen LogP) is -0.128. The highest BCUT2D eigenvalue weighted by molar-refractivity contribution is 7.91. The zero-order valence-electron chi connectivity index (χ0n) is 11.3. The van der Waals surface area contributed by atoms with E-state index in [1.165, 1.54) is 6.26 Å². The lowest BCUT2D eigenvalue weighted by Gasteiger charge is -2.33. The highest BCUT2D eigenvalue weighted by atomic mass is 32.2. The molecule has 2 rings (SSSR count). The standard InChI is InChI=1S/C12H24N2O3S/c1-14(9-10-8-13-6-7-17-10)11-4-3-5-12(11)18(2,15)16/h10-13H,3-9H2,1-2H3. The van der Waals surface area contributed by atoms with E-state index in [9.17, 15) is 8.42 Å². The Kier molecular flexibility index (Phi) is 4.64. The molecule has 0 aromatic carbocycles. The number of hydrogen-bond donors (Lipinski definition) is 1. The monoisotopic (exact) mass is 276 g/mol. The van der Waals surface area contributed by atoms with E-state index in [0.717, 1.165) is 45.5 Å². The van der Waals surface area contributed by atoms with Gasteiger partial charge < -0.3 is 10.1 Å². The lowest BCUT2D eigenvalue weighted by Crippen LogP contribution is -2.49. The van der Waals surface area contributed by atoms with Crippen LogP contribution in [0.15, 0.2) is 0 Å². The molecule has 0 bridgehead atoms. The number of rotatable bonds is 4. The summed E-state index contributed by atoms with van der Waals surface area (Å²) in [6.45, 7) is 3.33. The Bertz CT molecular complexity index is 366. The maximum atomic E-state index is 11.8. The number of likely N-dealkylation sites (N-methyl/N-ethyl adjacent to an activating group) is 1. The summed E-state index contributed by atoms with van der Waals surface area (Å²) in [6, 6.07) is 0.158. The van der Waals surface area contributed by atoms with Crippen LogP contribution < -0.4 is 5.32 Å². The maximum absolute atomic E-state index is 11.8. The molecular formula is C12H24N2O3S. The first-order chi connectivity index (χ1) is 8.48. The van der Waals surface area contributed by atoms with E-state index in [4.69, 9.17) is 4.74 Å². The fourth-order valence-electron chi connectivity index (χ4n) is 3.10. The van der Waals surface area contributed by atoms with Gasteiger partial charge in [-0.25, -0.2) is 8.42 Å². The van der Waals surface area contributed by atoms with E-state index < -0.39 is 9.84 Å². The summed E-state index contributed by atoms with van der Waals surface area (Å²) in [6.07, 6.45) is 4.34. The Labute approximate surface area is 110 Å². The summed E-state index contributed by atoms with van der Waals surface area (Å²) in [4.78, 5) is 2.18. The minimum atomic E-state index is -2.94. The molecule has 1 N–H and O–H groups in total. The van der Waals surface area contributed by atoms with Gasteiger partial charge in [0.2, 0.25) is 0 Å². The van der Waals surface area contributed by atoms with Crippen molar-refractivity contribution in [2.45, 2.75) is 36.7 Å². The van der Waals surface area contributed by atoms with E-state index in [0.29, 0.717) is 0 Å². The zero-order chi connectivity index (χ0) is 13.2. The van der Waals surface area contributed by atoms with Gasteiger partial charge in [-0.3, -0.25) is 4.90 Å². The Morgan fingerprint density at radius 2 is 2.17 bits per heavy atom. The van der Waals surface area contributed by atoms with E-state index in [1.54, 1.807) is 0 Å². The molecule has 5 nitrogen and oxygen atoms in total. The van der Waals surface area contributed by atoms with Crippen LogP contribution in [0, 0.1) is 0 Å². The number of sulfone groups is 1. The third-order valence-electron chi connectivity index (χ3n) is 4.03. The van der Waals surface area contributed by atoms with Gasteiger partial charge in [-0.15, -0.1) is 0 Å². The molecule has 106 valence electrons. The van der Waals surface area contributed by atoms with E-state index in [2.05, 4.69) is 10.2 Å². The quantitative estimate of drug-likeness (QED) is 0.775. The first kappa shape index (κ1) is 14.2. The first-order valence-electron chi connectivity index (χ1n) is 6.70. The van der Waals surface area contributed by atoms with Crippen LogP contribution in [0.1, 0.15) is 19.3 Å². The number of hydrogen-bond acceptors (Lipinski definition) is 5. The summed E-state index contributed by atoms with van der Waals surface area (Å²) in [5, 5.41) is 3.11. The number of nitrogens with one attached hydrogen (secondary N) is 1. The Morgan fingerprint density at radius 3 is 2.78 bits per heavy atom. The minimum Gasteiger partial charge on any atom is -0.374 e. The number of morpholine rings is 1. The van der Waals surface area contributed by atoms with E-state index in [-0.39, 0.29) is 17.4 Å². The Hall–Kier alpha value is -0.170. The molecule has 0 spiro atoms. The molecular weight excluding hydrogens is 252 g/mol. The molecule has 6 heteroatoms. The molecule has 1 aliphatic heterocycles. The van der Waals surface area contributed by atoms with Crippen molar-refractivity contribution >= 4 is 9.84 Å². The van der Waals surface area contributed by atoms with Crippen LogP contribution in [-0.2, 0) is 14.6 Å². The molecule has 1 aliphatic carbocycles. The maximum Gasteiger partial charge on any atom is 0.151 e. The van der Waals surface area contributed by atoms with Crippen LogP contribution in [-0.4, -0.2) is 70.3 Å². The number of nitrogens with zero attached hydrogens (tertiary/aromatic N) is 1. The minimum absolute atomic E-state index is 0.158. The fourth-order valence-corrected chi connectivity index (χ4v) is 4.61. The van der Waals surface area contributed by atoms with Crippen LogP contribution in [0.5, 0.6) is 0 Å². The summed E-state index contributed by atoms with van der Waals surface area (Å²) in [5.41, 5.74) is 0. The van der Waals surface area contributed by atoms with Crippen molar-refractivity contribution in [3.8, 4) is 0 Å².